The van der Waals surface area contributed by atoms with Crippen LogP contribution in [0.5, 0.6) is 5.75 Å². The van der Waals surface area contributed by atoms with E-state index < -0.39 is 17.2 Å². The summed E-state index contributed by atoms with van der Waals surface area (Å²) in [7, 11) is 0. The second-order valence-corrected chi connectivity index (χ2v) is 5.35. The number of carbonyl (C=O) groups excluding carboxylic acids is 1. The predicted molar refractivity (Wildman–Crippen MR) is 93.6 cm³/mol. The Bertz CT molecular complexity index is 818. The van der Waals surface area contributed by atoms with Crippen LogP contribution in [0, 0.1) is 5.82 Å². The summed E-state index contributed by atoms with van der Waals surface area (Å²) in [4.78, 5) is 28.6. The van der Waals surface area contributed by atoms with Gasteiger partial charge in [-0.05, 0) is 17.7 Å². The zero-order chi connectivity index (χ0) is 19.1. The van der Waals surface area contributed by atoms with Gasteiger partial charge >= 0.3 is 0 Å². The molecule has 0 fully saturated rings. The van der Waals surface area contributed by atoms with Crippen LogP contribution in [0.4, 0.5) is 4.39 Å². The molecule has 26 heavy (non-hydrogen) atoms. The predicted octanol–water partition coefficient (Wildman–Crippen LogP) is 1.62. The molecule has 0 spiro atoms. The summed E-state index contributed by atoms with van der Waals surface area (Å²) < 4.78 is 19.5. The van der Waals surface area contributed by atoms with Crippen LogP contribution in [0.1, 0.15) is 35.7 Å². The van der Waals surface area contributed by atoms with Crippen molar-refractivity contribution in [3.05, 3.63) is 57.5 Å². The molecular formula is C18H22FN3O4. The maximum Gasteiger partial charge on any atom is 0.296 e. The number of hydrogen-bond donors (Lipinski definition) is 2. The lowest BCUT2D eigenvalue weighted by Crippen LogP contribution is -2.31. The minimum atomic E-state index is -0.683. The van der Waals surface area contributed by atoms with Crippen LogP contribution in [0.25, 0.3) is 0 Å². The van der Waals surface area contributed by atoms with Gasteiger partial charge in [0.2, 0.25) is 5.75 Å². The van der Waals surface area contributed by atoms with E-state index in [0.717, 1.165) is 0 Å². The Morgan fingerprint density at radius 1 is 1.31 bits per heavy atom. The standard InChI is InChI=1S/C16H16FN3O4.C2H6/c17-11-3-1-10(2-4-11)9-18-15(22)13-14(21)16(23)20-6-8-24-7-5-12(20)19-13;1-2/h1-4,21H,5-9H2,(H,18,22);1-2H3. The monoisotopic (exact) mass is 363 g/mol. The first-order valence-electron chi connectivity index (χ1n) is 8.49. The molecule has 0 bridgehead atoms. The molecule has 1 amide bonds. The summed E-state index contributed by atoms with van der Waals surface area (Å²) in [5, 5.41) is 12.6. The van der Waals surface area contributed by atoms with Crippen molar-refractivity contribution < 1.29 is 19.0 Å². The van der Waals surface area contributed by atoms with Crippen molar-refractivity contribution in [2.24, 2.45) is 0 Å². The minimum absolute atomic E-state index is 0.127. The third-order valence-corrected chi connectivity index (χ3v) is 3.74. The number of carbonyl (C=O) groups is 1. The van der Waals surface area contributed by atoms with Crippen LogP contribution in [-0.4, -0.2) is 33.8 Å². The second kappa shape index (κ2) is 9.10. The third kappa shape index (κ3) is 4.45. The van der Waals surface area contributed by atoms with Crippen molar-refractivity contribution in [3.63, 3.8) is 0 Å². The highest BCUT2D eigenvalue weighted by Crippen LogP contribution is 2.12. The smallest absolute Gasteiger partial charge is 0.296 e. The fourth-order valence-electron chi connectivity index (χ4n) is 2.46. The Balaban J connectivity index is 0.00000117. The average molecular weight is 363 g/mol. The molecule has 1 aliphatic rings. The largest absolute Gasteiger partial charge is 0.501 e. The Labute approximate surface area is 150 Å². The van der Waals surface area contributed by atoms with E-state index in [9.17, 15) is 19.1 Å². The summed E-state index contributed by atoms with van der Waals surface area (Å²) in [6, 6.07) is 5.64. The van der Waals surface area contributed by atoms with E-state index in [1.165, 1.54) is 28.8 Å². The molecule has 7 nitrogen and oxygen atoms in total. The lowest BCUT2D eigenvalue weighted by molar-refractivity contribution is 0.0941. The van der Waals surface area contributed by atoms with E-state index in [0.29, 0.717) is 31.0 Å². The SMILES string of the molecule is CC.O=C(NCc1ccc(F)cc1)c1nc2n(c(=O)c1O)CCOCC2. The molecule has 0 unspecified atom stereocenters. The van der Waals surface area contributed by atoms with Gasteiger partial charge in [0.25, 0.3) is 11.5 Å². The first-order valence-corrected chi connectivity index (χ1v) is 8.49. The number of halogens is 1. The highest BCUT2D eigenvalue weighted by atomic mass is 19.1. The van der Waals surface area contributed by atoms with Crippen LogP contribution >= 0.6 is 0 Å². The fourth-order valence-corrected chi connectivity index (χ4v) is 2.46. The summed E-state index contributed by atoms with van der Waals surface area (Å²) >= 11 is 0. The summed E-state index contributed by atoms with van der Waals surface area (Å²) in [6.07, 6.45) is 0.383. The van der Waals surface area contributed by atoms with Gasteiger partial charge in [0, 0.05) is 13.0 Å². The molecule has 1 aromatic carbocycles. The maximum atomic E-state index is 12.9. The normalized spacial score (nSPS) is 13.0. The lowest BCUT2D eigenvalue weighted by Gasteiger charge is -2.11. The van der Waals surface area contributed by atoms with Gasteiger partial charge in [-0.2, -0.15) is 0 Å². The van der Waals surface area contributed by atoms with Crippen LogP contribution < -0.4 is 10.9 Å². The number of rotatable bonds is 3. The first-order chi connectivity index (χ1) is 12.6. The highest BCUT2D eigenvalue weighted by molar-refractivity contribution is 5.94. The summed E-state index contributed by atoms with van der Waals surface area (Å²) in [5.74, 6) is -1.31. The Morgan fingerprint density at radius 3 is 2.69 bits per heavy atom. The van der Waals surface area contributed by atoms with Gasteiger partial charge in [0.1, 0.15) is 11.6 Å². The van der Waals surface area contributed by atoms with Crippen molar-refractivity contribution in [2.75, 3.05) is 13.2 Å². The molecule has 3 rings (SSSR count). The van der Waals surface area contributed by atoms with Crippen LogP contribution in [0.15, 0.2) is 29.1 Å². The Hall–Kier alpha value is -2.74. The molecule has 0 saturated heterocycles. The fraction of sp³-hybridized carbons (Fsp3) is 0.389. The van der Waals surface area contributed by atoms with E-state index in [1.807, 2.05) is 13.8 Å². The number of hydrogen-bond acceptors (Lipinski definition) is 5. The topological polar surface area (TPSA) is 93.5 Å². The molecule has 2 heterocycles. The van der Waals surface area contributed by atoms with E-state index in [-0.39, 0.29) is 24.6 Å². The van der Waals surface area contributed by atoms with Crippen LogP contribution in [-0.2, 0) is 24.2 Å². The van der Waals surface area contributed by atoms with Crippen molar-refractivity contribution >= 4 is 5.91 Å². The van der Waals surface area contributed by atoms with Gasteiger partial charge in [0.15, 0.2) is 5.69 Å². The Kier molecular flexibility index (Phi) is 6.85. The van der Waals surface area contributed by atoms with E-state index in [1.54, 1.807) is 0 Å². The number of aromatic hydroxyl groups is 1. The van der Waals surface area contributed by atoms with Crippen LogP contribution in [0.2, 0.25) is 0 Å². The molecule has 2 aromatic rings. The van der Waals surface area contributed by atoms with Crippen molar-refractivity contribution in [2.45, 2.75) is 33.4 Å². The summed E-state index contributed by atoms with van der Waals surface area (Å²) in [6.45, 7) is 5.16. The zero-order valence-corrected chi connectivity index (χ0v) is 14.8. The number of benzene rings is 1. The molecule has 0 radical (unpaired) electrons. The zero-order valence-electron chi connectivity index (χ0n) is 14.8. The van der Waals surface area contributed by atoms with Crippen molar-refractivity contribution in [1.29, 1.82) is 0 Å². The van der Waals surface area contributed by atoms with Gasteiger partial charge in [-0.1, -0.05) is 26.0 Å². The van der Waals surface area contributed by atoms with E-state index >= 15 is 0 Å². The molecule has 140 valence electrons. The minimum Gasteiger partial charge on any atom is -0.501 e. The van der Waals surface area contributed by atoms with Crippen molar-refractivity contribution in [3.8, 4) is 5.75 Å². The van der Waals surface area contributed by atoms with Gasteiger partial charge < -0.3 is 15.2 Å². The van der Waals surface area contributed by atoms with Gasteiger partial charge in [-0.25, -0.2) is 9.37 Å². The number of fused-ring (bicyclic) bond motifs is 1. The third-order valence-electron chi connectivity index (χ3n) is 3.74. The molecule has 8 heteroatoms. The molecule has 2 N–H and O–H groups in total. The highest BCUT2D eigenvalue weighted by Gasteiger charge is 2.22. The van der Waals surface area contributed by atoms with E-state index in [4.69, 9.17) is 4.74 Å². The first kappa shape index (κ1) is 19.6. The Morgan fingerprint density at radius 2 is 2.00 bits per heavy atom. The molecular weight excluding hydrogens is 341 g/mol. The molecule has 1 aliphatic heterocycles. The quantitative estimate of drug-likeness (QED) is 0.864. The maximum absolute atomic E-state index is 12.9. The lowest BCUT2D eigenvalue weighted by atomic mass is 10.2. The number of nitrogens with zero attached hydrogens (tertiary/aromatic N) is 2. The van der Waals surface area contributed by atoms with E-state index in [2.05, 4.69) is 10.3 Å². The van der Waals surface area contributed by atoms with Gasteiger partial charge in [-0.3, -0.25) is 14.2 Å². The molecule has 0 aliphatic carbocycles. The van der Waals surface area contributed by atoms with Crippen molar-refractivity contribution in [1.82, 2.24) is 14.9 Å². The molecule has 0 atom stereocenters. The molecule has 0 saturated carbocycles. The number of amides is 1. The average Bonchev–Trinajstić information content (AvgIpc) is 2.91. The van der Waals surface area contributed by atoms with Gasteiger partial charge in [-0.15, -0.1) is 0 Å². The number of aromatic nitrogens is 2. The number of nitrogens with one attached hydrogen (secondary N) is 1. The summed E-state index contributed by atoms with van der Waals surface area (Å²) in [5.41, 5.74) is -0.281. The van der Waals surface area contributed by atoms with Crippen LogP contribution in [0.3, 0.4) is 0 Å². The molecule has 1 aromatic heterocycles. The second-order valence-electron chi connectivity index (χ2n) is 5.35. The van der Waals surface area contributed by atoms with Gasteiger partial charge in [0.05, 0.1) is 19.8 Å². The number of ether oxygens (including phenoxy) is 1.